The Morgan fingerprint density at radius 2 is 1.01 bits per heavy atom. The summed E-state index contributed by atoms with van der Waals surface area (Å²) in [5.74, 6) is 3.09. The predicted octanol–water partition coefficient (Wildman–Crippen LogP) is 21.1. The Bertz CT molecular complexity index is 4510. The number of fused-ring (bicyclic) bond motifs is 11. The molecular formula is C86H94BN3. The van der Waals surface area contributed by atoms with Crippen LogP contribution in [0.15, 0.2) is 146 Å². The van der Waals surface area contributed by atoms with Crippen molar-refractivity contribution in [3.8, 4) is 33.4 Å². The van der Waals surface area contributed by atoms with E-state index in [9.17, 15) is 0 Å². The van der Waals surface area contributed by atoms with Crippen molar-refractivity contribution < 1.29 is 0 Å². The largest absolute Gasteiger partial charge is 0.345 e. The molecule has 0 unspecified atom stereocenters. The van der Waals surface area contributed by atoms with Crippen LogP contribution in [-0.4, -0.2) is 11.3 Å². The molecular weight excluding hydrogens is 1090 g/mol. The van der Waals surface area contributed by atoms with Crippen molar-refractivity contribution in [2.24, 2.45) is 23.7 Å². The molecule has 3 heterocycles. The van der Waals surface area contributed by atoms with Crippen LogP contribution in [0.2, 0.25) is 0 Å². The van der Waals surface area contributed by atoms with E-state index in [1.54, 1.807) is 11.1 Å². The summed E-state index contributed by atoms with van der Waals surface area (Å²) in [4.78, 5) is 5.60. The first-order valence-corrected chi connectivity index (χ1v) is 34.9. The van der Waals surface area contributed by atoms with Crippen molar-refractivity contribution in [3.63, 3.8) is 0 Å². The maximum absolute atomic E-state index is 2.85. The van der Waals surface area contributed by atoms with E-state index in [0.29, 0.717) is 11.8 Å². The maximum Gasteiger partial charge on any atom is 0.272 e. The van der Waals surface area contributed by atoms with Gasteiger partial charge in [0, 0.05) is 50.2 Å². The number of aromatic nitrogens is 1. The van der Waals surface area contributed by atoms with Crippen molar-refractivity contribution >= 4 is 68.3 Å². The summed E-state index contributed by atoms with van der Waals surface area (Å²) in [6, 6.07) is 60.0. The van der Waals surface area contributed by atoms with Crippen LogP contribution in [0.25, 0.3) is 44.3 Å². The zero-order valence-electron chi connectivity index (χ0n) is 56.9. The number of nitrogens with zero attached hydrogens (tertiary/aromatic N) is 3. The lowest BCUT2D eigenvalue weighted by Crippen LogP contribution is -2.64. The first-order chi connectivity index (χ1) is 42.7. The van der Waals surface area contributed by atoms with Crippen LogP contribution in [0.1, 0.15) is 205 Å². The van der Waals surface area contributed by atoms with Crippen LogP contribution >= 0.6 is 0 Å². The van der Waals surface area contributed by atoms with Gasteiger partial charge in [-0.3, -0.25) is 0 Å². The third-order valence-corrected chi connectivity index (χ3v) is 25.3. The predicted molar refractivity (Wildman–Crippen MR) is 384 cm³/mol. The standard InChI is InChI=1S/C86H94BN3/c1-50-21-19-22-51(2)75(50)56-45-73-77-74(46-56)89(71-26-20-25-65-76(71)61-23-17-18-24-63(61)86(65)58-40-52-39-53(42-58)43-59(86)41-52)70-34-30-57(80(3,4)5)47-69(70)87(77)79-78(62-48-67-68(49-72(62)90(79)81(6,7)8)85(15,16)38-37-84(67,13)14)88(73)60-31-27-54(28-32-60)55-29-33-64-66(44-55)83(11,12)36-35-82(64,9)10/h17-34,44-49,52-53,58-59H,35-43H2,1-16H3. The molecule has 4 bridgehead atoms. The fourth-order valence-electron chi connectivity index (χ4n) is 20.9. The van der Waals surface area contributed by atoms with Crippen LogP contribution < -0.4 is 26.3 Å². The first-order valence-electron chi connectivity index (χ1n) is 34.9. The van der Waals surface area contributed by atoms with Gasteiger partial charge in [-0.1, -0.05) is 173 Å². The lowest BCUT2D eigenvalue weighted by molar-refractivity contribution is -0.0399. The molecule has 3 nitrogen and oxygen atoms in total. The third-order valence-electron chi connectivity index (χ3n) is 25.3. The minimum atomic E-state index is -0.287. The molecule has 4 fully saturated rings. The summed E-state index contributed by atoms with van der Waals surface area (Å²) in [5.41, 5.74) is 34.5. The summed E-state index contributed by atoms with van der Waals surface area (Å²) in [6.07, 6.45) is 11.6. The molecule has 0 saturated heterocycles. The number of aryl methyl sites for hydroxylation is 2. The van der Waals surface area contributed by atoms with Crippen molar-refractivity contribution in [2.75, 3.05) is 9.80 Å². The Morgan fingerprint density at radius 1 is 0.444 bits per heavy atom. The molecule has 9 aromatic rings. The molecule has 4 heteroatoms. The van der Waals surface area contributed by atoms with Gasteiger partial charge in [-0.15, -0.1) is 0 Å². The van der Waals surface area contributed by atoms with Gasteiger partial charge in [-0.2, -0.15) is 0 Å². The average molecular weight is 1180 g/mol. The van der Waals surface area contributed by atoms with Gasteiger partial charge in [0.25, 0.3) is 6.71 Å². The van der Waals surface area contributed by atoms with Crippen molar-refractivity contribution in [1.82, 2.24) is 4.57 Å². The topological polar surface area (TPSA) is 11.4 Å². The summed E-state index contributed by atoms with van der Waals surface area (Å²) < 4.78 is 2.85. The van der Waals surface area contributed by atoms with Crippen molar-refractivity contribution in [1.29, 1.82) is 0 Å². The molecule has 7 aliphatic carbocycles. The number of anilines is 6. The molecule has 2 aliphatic heterocycles. The fraction of sp³-hybridized carbons (Fsp3) is 0.419. The van der Waals surface area contributed by atoms with Gasteiger partial charge in [0.2, 0.25) is 0 Å². The van der Waals surface area contributed by atoms with Gasteiger partial charge in [0.1, 0.15) is 0 Å². The quantitative estimate of drug-likeness (QED) is 0.163. The molecule has 8 aromatic carbocycles. The second kappa shape index (κ2) is 18.6. The van der Waals surface area contributed by atoms with Gasteiger partial charge in [0.05, 0.1) is 16.9 Å². The highest BCUT2D eigenvalue weighted by Crippen LogP contribution is 2.71. The summed E-state index contributed by atoms with van der Waals surface area (Å²) in [7, 11) is 0. The monoisotopic (exact) mass is 1180 g/mol. The molecule has 0 N–H and O–H groups in total. The molecule has 0 atom stereocenters. The molecule has 0 radical (unpaired) electrons. The second-order valence-electron chi connectivity index (χ2n) is 34.7. The van der Waals surface area contributed by atoms with Gasteiger partial charge in [-0.25, -0.2) is 0 Å². The van der Waals surface area contributed by atoms with E-state index in [2.05, 4.69) is 271 Å². The van der Waals surface area contributed by atoms with Gasteiger partial charge >= 0.3 is 0 Å². The van der Waals surface area contributed by atoms with E-state index in [0.717, 1.165) is 18.3 Å². The number of benzene rings is 8. The average Bonchev–Trinajstić information content (AvgIpc) is 1.44. The van der Waals surface area contributed by atoms with E-state index in [1.807, 2.05) is 0 Å². The van der Waals surface area contributed by atoms with Crippen LogP contribution in [0.5, 0.6) is 0 Å². The van der Waals surface area contributed by atoms with E-state index < -0.39 is 0 Å². The minimum Gasteiger partial charge on any atom is -0.345 e. The third kappa shape index (κ3) is 7.78. The zero-order chi connectivity index (χ0) is 62.5. The molecule has 9 aliphatic rings. The first kappa shape index (κ1) is 56.9. The molecule has 1 spiro atoms. The molecule has 4 saturated carbocycles. The normalized spacial score (nSPS) is 23.9. The van der Waals surface area contributed by atoms with E-state index in [1.165, 1.54) is 185 Å². The van der Waals surface area contributed by atoms with E-state index in [-0.39, 0.29) is 44.7 Å². The number of hydrogen-bond donors (Lipinski definition) is 0. The van der Waals surface area contributed by atoms with E-state index >= 15 is 0 Å². The number of hydrogen-bond acceptors (Lipinski definition) is 2. The highest BCUT2D eigenvalue weighted by atomic mass is 15.2. The van der Waals surface area contributed by atoms with Gasteiger partial charge in [0.15, 0.2) is 0 Å². The van der Waals surface area contributed by atoms with Crippen molar-refractivity contribution in [2.45, 2.75) is 207 Å². The van der Waals surface area contributed by atoms with E-state index in [4.69, 9.17) is 0 Å². The Hall–Kier alpha value is -7.04. The van der Waals surface area contributed by atoms with Gasteiger partial charge in [-0.05, 0) is 280 Å². The Morgan fingerprint density at radius 3 is 1.64 bits per heavy atom. The zero-order valence-corrected chi connectivity index (χ0v) is 56.9. The highest BCUT2D eigenvalue weighted by Gasteiger charge is 2.62. The molecule has 0 amide bonds. The smallest absolute Gasteiger partial charge is 0.272 e. The fourth-order valence-corrected chi connectivity index (χ4v) is 20.9. The highest BCUT2D eigenvalue weighted by molar-refractivity contribution is 7.00. The number of rotatable bonds is 4. The SMILES string of the molecule is Cc1cccc(C)c1-c1cc2c3c(c1)N(c1ccc(-c4ccc5c(c4)C(C)(C)CCC5(C)C)cc1)c1c(n(C(C)(C)C)c4cc5c(cc14)C(C)(C)CCC5(C)C)B3c1cc(C(C)(C)C)ccc1N2c1cccc2c1-c1ccccc1C21C2CC3CC(C2)CC1C3. The lowest BCUT2D eigenvalue weighted by Gasteiger charge is -2.61. The molecule has 18 rings (SSSR count). The second-order valence-corrected chi connectivity index (χ2v) is 34.7. The Balaban J connectivity index is 0.999. The lowest BCUT2D eigenvalue weighted by atomic mass is 9.34. The summed E-state index contributed by atoms with van der Waals surface area (Å²) >= 11 is 0. The maximum atomic E-state index is 2.85. The molecule has 90 heavy (non-hydrogen) atoms. The van der Waals surface area contributed by atoms with Crippen LogP contribution in [0.3, 0.4) is 0 Å². The summed E-state index contributed by atoms with van der Waals surface area (Å²) in [6.45, 7) is 39.1. The Labute approximate surface area is 538 Å². The van der Waals surface area contributed by atoms with Crippen molar-refractivity contribution in [3.05, 3.63) is 196 Å². The van der Waals surface area contributed by atoms with Crippen LogP contribution in [0, 0.1) is 37.5 Å². The van der Waals surface area contributed by atoms with Crippen LogP contribution in [0.4, 0.5) is 34.1 Å². The van der Waals surface area contributed by atoms with Crippen LogP contribution in [-0.2, 0) is 38.0 Å². The summed E-state index contributed by atoms with van der Waals surface area (Å²) in [5, 5.41) is 1.35. The molecule has 1 aromatic heterocycles. The molecule has 456 valence electrons. The minimum absolute atomic E-state index is 0.0134. The van der Waals surface area contributed by atoms with Gasteiger partial charge < -0.3 is 14.4 Å². The Kier molecular flexibility index (Phi) is 11.8.